The quantitative estimate of drug-likeness (QED) is 0.159. The molecule has 3 aromatic rings. The van der Waals surface area contributed by atoms with E-state index in [-0.39, 0.29) is 28.4 Å². The van der Waals surface area contributed by atoms with Gasteiger partial charge in [-0.25, -0.2) is 8.78 Å². The van der Waals surface area contributed by atoms with Gasteiger partial charge in [-0.05, 0) is 36.4 Å². The Bertz CT molecular complexity index is 1260. The van der Waals surface area contributed by atoms with Gasteiger partial charge in [0.15, 0.2) is 11.5 Å². The van der Waals surface area contributed by atoms with Crippen LogP contribution in [0.2, 0.25) is 0 Å². The van der Waals surface area contributed by atoms with E-state index in [0.717, 1.165) is 24.3 Å². The fourth-order valence-corrected chi connectivity index (χ4v) is 3.05. The van der Waals surface area contributed by atoms with Crippen LogP contribution in [0.3, 0.4) is 0 Å². The number of ether oxygens (including phenoxy) is 2. The Morgan fingerprint density at radius 2 is 1.31 bits per heavy atom. The maximum atomic E-state index is 14.1. The molecule has 0 aliphatic carbocycles. The summed E-state index contributed by atoms with van der Waals surface area (Å²) in [6.07, 6.45) is 0.923. The zero-order valence-corrected chi connectivity index (χ0v) is 18.5. The first kappa shape index (κ1) is 24.8. The van der Waals surface area contributed by atoms with Crippen LogP contribution >= 0.6 is 0 Å². The maximum absolute atomic E-state index is 14.1. The molecule has 3 aromatic carbocycles. The third-order valence-electron chi connectivity index (χ3n) is 4.76. The second-order valence-corrected chi connectivity index (χ2v) is 6.95. The number of amides is 2. The minimum atomic E-state index is -1.09. The molecule has 0 aliphatic rings. The van der Waals surface area contributed by atoms with E-state index in [2.05, 4.69) is 10.6 Å². The molecule has 0 aliphatic heterocycles. The van der Waals surface area contributed by atoms with E-state index in [0.29, 0.717) is 0 Å². The van der Waals surface area contributed by atoms with Gasteiger partial charge in [-0.2, -0.15) is 0 Å². The van der Waals surface area contributed by atoms with Crippen LogP contribution in [0.1, 0.15) is 5.56 Å². The molecule has 0 radical (unpaired) electrons. The van der Waals surface area contributed by atoms with Crippen molar-refractivity contribution in [1.82, 2.24) is 0 Å². The molecule has 3 rings (SSSR count). The number of methoxy groups -OCH3 is 2. The smallest absolute Gasteiger partial charge is 0.280 e. The Labute approximate surface area is 198 Å². The van der Waals surface area contributed by atoms with Crippen molar-refractivity contribution in [1.29, 1.82) is 0 Å². The normalized spacial score (nSPS) is 10.2. The summed E-state index contributed by atoms with van der Waals surface area (Å²) in [4.78, 5) is 37.0. The van der Waals surface area contributed by atoms with Crippen LogP contribution in [-0.4, -0.2) is 31.0 Å². The Morgan fingerprint density at radius 3 is 1.74 bits per heavy atom. The van der Waals surface area contributed by atoms with E-state index in [9.17, 15) is 28.5 Å². The largest absolute Gasteiger partial charge is 0.493 e. The van der Waals surface area contributed by atoms with Crippen LogP contribution in [0, 0.1) is 21.7 Å². The Morgan fingerprint density at radius 1 is 0.857 bits per heavy atom. The minimum Gasteiger partial charge on any atom is -0.493 e. The molecule has 0 heterocycles. The van der Waals surface area contributed by atoms with Gasteiger partial charge in [0.1, 0.15) is 17.2 Å². The van der Waals surface area contributed by atoms with Crippen molar-refractivity contribution in [2.24, 2.45) is 0 Å². The van der Waals surface area contributed by atoms with Crippen molar-refractivity contribution >= 4 is 35.0 Å². The predicted octanol–water partition coefficient (Wildman–Crippen LogP) is 4.55. The van der Waals surface area contributed by atoms with Crippen molar-refractivity contribution < 1.29 is 32.8 Å². The van der Waals surface area contributed by atoms with Gasteiger partial charge in [-0.15, -0.1) is 0 Å². The van der Waals surface area contributed by atoms with E-state index in [1.807, 2.05) is 0 Å². The summed E-state index contributed by atoms with van der Waals surface area (Å²) >= 11 is 0. The van der Waals surface area contributed by atoms with Crippen LogP contribution in [0.4, 0.5) is 25.8 Å². The van der Waals surface area contributed by atoms with Gasteiger partial charge in [0.25, 0.3) is 17.5 Å². The third kappa shape index (κ3) is 5.77. The fraction of sp³-hybridized carbons (Fsp3) is 0.0833. The highest BCUT2D eigenvalue weighted by Gasteiger charge is 2.25. The summed E-state index contributed by atoms with van der Waals surface area (Å²) in [6, 6.07) is 12.7. The molecule has 2 N–H and O–H groups in total. The van der Waals surface area contributed by atoms with Crippen LogP contribution < -0.4 is 20.1 Å². The van der Waals surface area contributed by atoms with Gasteiger partial charge < -0.3 is 20.1 Å². The van der Waals surface area contributed by atoms with Gasteiger partial charge in [-0.3, -0.25) is 19.7 Å². The SMILES string of the molecule is COc1cc(C=C(C(=O)Nc2ccccc2F)C(=O)Nc2ccccc2F)c([N+](=O)[O-])cc1OC. The average molecular weight is 483 g/mol. The number of nitro benzene ring substituents is 1. The number of para-hydroxylation sites is 2. The second-order valence-electron chi connectivity index (χ2n) is 6.95. The topological polar surface area (TPSA) is 120 Å². The van der Waals surface area contributed by atoms with Crippen molar-refractivity contribution in [3.05, 3.63) is 93.5 Å². The van der Waals surface area contributed by atoms with Crippen LogP contribution in [-0.2, 0) is 9.59 Å². The molecule has 0 saturated carbocycles. The highest BCUT2D eigenvalue weighted by molar-refractivity contribution is 6.29. The molecule has 0 spiro atoms. The summed E-state index contributed by atoms with van der Waals surface area (Å²) in [5.74, 6) is -3.59. The third-order valence-corrected chi connectivity index (χ3v) is 4.76. The number of halogens is 2. The van der Waals surface area contributed by atoms with Gasteiger partial charge in [0, 0.05) is 0 Å². The highest BCUT2D eigenvalue weighted by atomic mass is 19.1. The van der Waals surface area contributed by atoms with Crippen molar-refractivity contribution in [3.8, 4) is 11.5 Å². The van der Waals surface area contributed by atoms with Gasteiger partial charge in [-0.1, -0.05) is 24.3 Å². The number of nitrogens with one attached hydrogen (secondary N) is 2. The monoisotopic (exact) mass is 483 g/mol. The molecule has 180 valence electrons. The van der Waals surface area contributed by atoms with Crippen molar-refractivity contribution in [3.63, 3.8) is 0 Å². The van der Waals surface area contributed by atoms with E-state index in [4.69, 9.17) is 9.47 Å². The summed E-state index contributed by atoms with van der Waals surface area (Å²) in [6.45, 7) is 0. The number of rotatable bonds is 8. The first-order valence-corrected chi connectivity index (χ1v) is 9.99. The van der Waals surface area contributed by atoms with Crippen molar-refractivity contribution in [2.75, 3.05) is 24.9 Å². The molecule has 11 heteroatoms. The summed E-state index contributed by atoms with van der Waals surface area (Å²) in [7, 11) is 2.58. The zero-order chi connectivity index (χ0) is 25.5. The number of nitrogens with zero attached hydrogens (tertiary/aromatic N) is 1. The number of carbonyl (C=O) groups excluding carboxylic acids is 2. The lowest BCUT2D eigenvalue weighted by molar-refractivity contribution is -0.385. The first-order chi connectivity index (χ1) is 16.7. The molecular formula is C24H19F2N3O6. The maximum Gasteiger partial charge on any atom is 0.280 e. The minimum absolute atomic E-state index is 0.0458. The molecule has 0 fully saturated rings. The molecule has 35 heavy (non-hydrogen) atoms. The number of hydrogen-bond acceptors (Lipinski definition) is 6. The fourth-order valence-electron chi connectivity index (χ4n) is 3.05. The Balaban J connectivity index is 2.12. The Hall–Kier alpha value is -4.80. The van der Waals surface area contributed by atoms with Crippen LogP contribution in [0.25, 0.3) is 6.08 Å². The lowest BCUT2D eigenvalue weighted by Crippen LogP contribution is -2.26. The van der Waals surface area contributed by atoms with Gasteiger partial charge >= 0.3 is 0 Å². The Kier molecular flexibility index (Phi) is 7.72. The number of hydrogen-bond donors (Lipinski definition) is 2. The summed E-state index contributed by atoms with van der Waals surface area (Å²) in [5, 5.41) is 16.2. The number of benzene rings is 3. The lowest BCUT2D eigenvalue weighted by atomic mass is 10.1. The van der Waals surface area contributed by atoms with E-state index in [1.54, 1.807) is 0 Å². The molecule has 0 aromatic heterocycles. The number of anilines is 2. The molecule has 0 unspecified atom stereocenters. The molecule has 0 atom stereocenters. The van der Waals surface area contributed by atoms with Gasteiger partial charge in [0.2, 0.25) is 0 Å². The second kappa shape index (κ2) is 10.9. The summed E-state index contributed by atoms with van der Waals surface area (Å²) in [5.41, 5.74) is -1.81. The molecule has 2 amide bonds. The lowest BCUT2D eigenvalue weighted by Gasteiger charge is -2.12. The first-order valence-electron chi connectivity index (χ1n) is 9.99. The molecule has 9 nitrogen and oxygen atoms in total. The number of nitro groups is 1. The zero-order valence-electron chi connectivity index (χ0n) is 18.5. The van der Waals surface area contributed by atoms with E-state index >= 15 is 0 Å². The summed E-state index contributed by atoms with van der Waals surface area (Å²) < 4.78 is 38.4. The van der Waals surface area contributed by atoms with Crippen LogP contribution in [0.15, 0.2) is 66.2 Å². The van der Waals surface area contributed by atoms with E-state index in [1.165, 1.54) is 56.7 Å². The molecular weight excluding hydrogens is 464 g/mol. The standard InChI is InChI=1S/C24H19F2N3O6/c1-34-21-12-14(20(29(32)33)13-22(21)35-2)11-15(23(30)27-18-9-5-3-7-16(18)25)24(31)28-19-10-6-4-8-17(19)26/h3-13H,1-2H3,(H,27,30)(H,28,31). The van der Waals surface area contributed by atoms with Gasteiger partial charge in [0.05, 0.1) is 42.1 Å². The number of carbonyl (C=O) groups is 2. The molecule has 0 saturated heterocycles. The molecule has 0 bridgehead atoms. The van der Waals surface area contributed by atoms with Crippen molar-refractivity contribution in [2.45, 2.75) is 0 Å². The van der Waals surface area contributed by atoms with E-state index < -0.39 is 39.6 Å². The van der Waals surface area contributed by atoms with Crippen LogP contribution in [0.5, 0.6) is 11.5 Å². The highest BCUT2D eigenvalue weighted by Crippen LogP contribution is 2.35. The predicted molar refractivity (Wildman–Crippen MR) is 124 cm³/mol. The average Bonchev–Trinajstić information content (AvgIpc) is 2.84.